The molecule has 0 fully saturated rings. The Morgan fingerprint density at radius 2 is 2.00 bits per heavy atom. The third-order valence-corrected chi connectivity index (χ3v) is 3.02. The van der Waals surface area contributed by atoms with Gasteiger partial charge in [0.2, 0.25) is 0 Å². The second-order valence-electron chi connectivity index (χ2n) is 4.69. The zero-order valence-electron chi connectivity index (χ0n) is 11.7. The molecule has 4 nitrogen and oxygen atoms in total. The summed E-state index contributed by atoms with van der Waals surface area (Å²) in [5, 5.41) is 11.7. The Morgan fingerprint density at radius 3 is 2.65 bits per heavy atom. The largest absolute Gasteiger partial charge is 0.320 e. The van der Waals surface area contributed by atoms with Gasteiger partial charge in [0.05, 0.1) is 23.0 Å². The van der Waals surface area contributed by atoms with Crippen molar-refractivity contribution >= 4 is 11.6 Å². The van der Waals surface area contributed by atoms with Crippen LogP contribution in [0, 0.1) is 32.1 Å². The molecule has 0 aliphatic carbocycles. The minimum Gasteiger partial charge on any atom is -0.320 e. The van der Waals surface area contributed by atoms with Crippen LogP contribution in [0.15, 0.2) is 30.3 Å². The summed E-state index contributed by atoms with van der Waals surface area (Å²) in [6.45, 7) is 5.71. The summed E-state index contributed by atoms with van der Waals surface area (Å²) < 4.78 is 0. The van der Waals surface area contributed by atoms with Crippen LogP contribution in [0.4, 0.5) is 5.69 Å². The number of rotatable bonds is 2. The van der Waals surface area contributed by atoms with Gasteiger partial charge < -0.3 is 5.32 Å². The van der Waals surface area contributed by atoms with E-state index in [9.17, 15) is 4.79 Å². The molecule has 20 heavy (non-hydrogen) atoms. The number of nitriles is 1. The summed E-state index contributed by atoms with van der Waals surface area (Å²) in [6.07, 6.45) is 0. The van der Waals surface area contributed by atoms with E-state index in [-0.39, 0.29) is 5.91 Å². The van der Waals surface area contributed by atoms with Crippen LogP contribution >= 0.6 is 0 Å². The number of nitrogens with one attached hydrogen (secondary N) is 1. The number of nitrogens with zero attached hydrogens (tertiary/aromatic N) is 2. The third kappa shape index (κ3) is 2.83. The molecule has 0 radical (unpaired) electrons. The van der Waals surface area contributed by atoms with E-state index < -0.39 is 0 Å². The van der Waals surface area contributed by atoms with Gasteiger partial charge in [0.25, 0.3) is 5.91 Å². The first-order valence-electron chi connectivity index (χ1n) is 6.27. The number of anilines is 1. The van der Waals surface area contributed by atoms with Crippen LogP contribution in [-0.4, -0.2) is 10.9 Å². The molecule has 1 amide bonds. The Morgan fingerprint density at radius 1 is 1.25 bits per heavy atom. The minimum atomic E-state index is -0.237. The van der Waals surface area contributed by atoms with Gasteiger partial charge >= 0.3 is 0 Å². The van der Waals surface area contributed by atoms with Gasteiger partial charge in [-0.15, -0.1) is 0 Å². The van der Waals surface area contributed by atoms with Crippen molar-refractivity contribution in [1.29, 1.82) is 5.26 Å². The van der Waals surface area contributed by atoms with Crippen molar-refractivity contribution in [2.24, 2.45) is 0 Å². The predicted molar refractivity (Wildman–Crippen MR) is 77.6 cm³/mol. The molecule has 0 atom stereocenters. The van der Waals surface area contributed by atoms with E-state index in [0.29, 0.717) is 11.1 Å². The van der Waals surface area contributed by atoms with Crippen molar-refractivity contribution in [2.45, 2.75) is 20.8 Å². The number of aryl methyl sites for hydroxylation is 3. The molecule has 4 heteroatoms. The fourth-order valence-electron chi connectivity index (χ4n) is 2.13. The minimum absolute atomic E-state index is 0.237. The van der Waals surface area contributed by atoms with E-state index in [2.05, 4.69) is 10.3 Å². The lowest BCUT2D eigenvalue weighted by molar-refractivity contribution is 0.102. The molecule has 1 aromatic carbocycles. The number of pyridine rings is 1. The van der Waals surface area contributed by atoms with Crippen LogP contribution in [-0.2, 0) is 0 Å². The van der Waals surface area contributed by atoms with E-state index in [1.807, 2.05) is 32.9 Å². The molecular weight excluding hydrogens is 250 g/mol. The first kappa shape index (κ1) is 13.8. The molecule has 1 aromatic heterocycles. The molecule has 0 aliphatic rings. The van der Waals surface area contributed by atoms with Crippen LogP contribution in [0.5, 0.6) is 0 Å². The van der Waals surface area contributed by atoms with E-state index in [4.69, 9.17) is 5.26 Å². The van der Waals surface area contributed by atoms with Crippen molar-refractivity contribution in [1.82, 2.24) is 4.98 Å². The van der Waals surface area contributed by atoms with Crippen molar-refractivity contribution in [2.75, 3.05) is 5.32 Å². The average molecular weight is 265 g/mol. The normalized spacial score (nSPS) is 9.90. The molecule has 1 N–H and O–H groups in total. The summed E-state index contributed by atoms with van der Waals surface area (Å²) >= 11 is 0. The summed E-state index contributed by atoms with van der Waals surface area (Å²) in [6, 6.07) is 10.6. The maximum Gasteiger partial charge on any atom is 0.255 e. The summed E-state index contributed by atoms with van der Waals surface area (Å²) in [4.78, 5) is 16.6. The summed E-state index contributed by atoms with van der Waals surface area (Å²) in [7, 11) is 0. The van der Waals surface area contributed by atoms with Gasteiger partial charge in [-0.1, -0.05) is 6.07 Å². The topological polar surface area (TPSA) is 65.8 Å². The van der Waals surface area contributed by atoms with Crippen LogP contribution in [0.2, 0.25) is 0 Å². The van der Waals surface area contributed by atoms with Crippen LogP contribution < -0.4 is 5.32 Å². The van der Waals surface area contributed by atoms with E-state index >= 15 is 0 Å². The predicted octanol–water partition coefficient (Wildman–Crippen LogP) is 3.13. The van der Waals surface area contributed by atoms with Crippen molar-refractivity contribution in [3.63, 3.8) is 0 Å². The molecule has 100 valence electrons. The van der Waals surface area contributed by atoms with Crippen molar-refractivity contribution in [3.8, 4) is 6.07 Å². The van der Waals surface area contributed by atoms with Gasteiger partial charge in [0.15, 0.2) is 0 Å². The van der Waals surface area contributed by atoms with Gasteiger partial charge in [-0.2, -0.15) is 5.26 Å². The Kier molecular flexibility index (Phi) is 3.81. The SMILES string of the molecule is Cc1cc(C)c(NC(=O)c2cccc(C#N)c2)c(C)n1. The second-order valence-corrected chi connectivity index (χ2v) is 4.69. The number of amides is 1. The summed E-state index contributed by atoms with van der Waals surface area (Å²) in [5.41, 5.74) is 4.33. The second kappa shape index (κ2) is 5.54. The highest BCUT2D eigenvalue weighted by molar-refractivity contribution is 6.05. The van der Waals surface area contributed by atoms with E-state index in [0.717, 1.165) is 22.6 Å². The lowest BCUT2D eigenvalue weighted by atomic mass is 10.1. The molecule has 2 aromatic rings. The van der Waals surface area contributed by atoms with E-state index in [1.54, 1.807) is 24.3 Å². The van der Waals surface area contributed by atoms with Gasteiger partial charge in [-0.25, -0.2) is 0 Å². The van der Waals surface area contributed by atoms with Gasteiger partial charge in [0.1, 0.15) is 0 Å². The first-order chi connectivity index (χ1) is 9.51. The van der Waals surface area contributed by atoms with Crippen molar-refractivity contribution in [3.05, 3.63) is 58.4 Å². The Hall–Kier alpha value is -2.67. The average Bonchev–Trinajstić information content (AvgIpc) is 2.42. The Bertz CT molecular complexity index is 691. The van der Waals surface area contributed by atoms with Gasteiger partial charge in [-0.05, 0) is 50.6 Å². The molecule has 0 unspecified atom stereocenters. The molecule has 0 bridgehead atoms. The molecule has 1 heterocycles. The lowest BCUT2D eigenvalue weighted by Gasteiger charge is -2.12. The highest BCUT2D eigenvalue weighted by Crippen LogP contribution is 2.20. The molecule has 0 aliphatic heterocycles. The number of aromatic nitrogens is 1. The zero-order valence-corrected chi connectivity index (χ0v) is 11.7. The Balaban J connectivity index is 2.31. The highest BCUT2D eigenvalue weighted by atomic mass is 16.1. The molecule has 0 saturated heterocycles. The smallest absolute Gasteiger partial charge is 0.255 e. The van der Waals surface area contributed by atoms with E-state index in [1.165, 1.54) is 0 Å². The number of carbonyl (C=O) groups excluding carboxylic acids is 1. The van der Waals surface area contributed by atoms with Crippen LogP contribution in [0.25, 0.3) is 0 Å². The monoisotopic (exact) mass is 265 g/mol. The lowest BCUT2D eigenvalue weighted by Crippen LogP contribution is -2.14. The maximum atomic E-state index is 12.2. The molecule has 2 rings (SSSR count). The number of hydrogen-bond acceptors (Lipinski definition) is 3. The first-order valence-corrected chi connectivity index (χ1v) is 6.27. The van der Waals surface area contributed by atoms with Crippen molar-refractivity contribution < 1.29 is 4.79 Å². The quantitative estimate of drug-likeness (QED) is 0.907. The fourth-order valence-corrected chi connectivity index (χ4v) is 2.13. The number of hydrogen-bond donors (Lipinski definition) is 1. The molecule has 0 saturated carbocycles. The third-order valence-electron chi connectivity index (χ3n) is 3.02. The number of benzene rings is 1. The Labute approximate surface area is 118 Å². The highest BCUT2D eigenvalue weighted by Gasteiger charge is 2.11. The number of carbonyl (C=O) groups is 1. The molecular formula is C16H15N3O. The summed E-state index contributed by atoms with van der Waals surface area (Å²) in [5.74, 6) is -0.237. The van der Waals surface area contributed by atoms with Gasteiger partial charge in [0, 0.05) is 11.3 Å². The standard InChI is InChI=1S/C16H15N3O/c1-10-7-11(2)18-12(3)15(10)19-16(20)14-6-4-5-13(8-14)9-17/h4-8H,1-3H3,(H,19,20). The van der Waals surface area contributed by atoms with Crippen LogP contribution in [0.1, 0.15) is 32.9 Å². The maximum absolute atomic E-state index is 12.2. The van der Waals surface area contributed by atoms with Crippen LogP contribution in [0.3, 0.4) is 0 Å². The fraction of sp³-hybridized carbons (Fsp3) is 0.188. The zero-order chi connectivity index (χ0) is 14.7. The van der Waals surface area contributed by atoms with Gasteiger partial charge in [-0.3, -0.25) is 9.78 Å². The molecule has 0 spiro atoms.